The molecule has 0 aliphatic carbocycles. The highest BCUT2D eigenvalue weighted by atomic mass is 19.4. The molecule has 2 N–H and O–H groups in total. The van der Waals surface area contributed by atoms with E-state index in [2.05, 4.69) is 11.6 Å². The van der Waals surface area contributed by atoms with Crippen molar-refractivity contribution in [1.29, 1.82) is 0 Å². The van der Waals surface area contributed by atoms with Crippen molar-refractivity contribution in [2.24, 2.45) is 0 Å². The molecular formula is C12H15F3N2O. The highest BCUT2D eigenvalue weighted by Crippen LogP contribution is 2.37. The van der Waals surface area contributed by atoms with Gasteiger partial charge in [0.25, 0.3) is 0 Å². The maximum absolute atomic E-state index is 12.8. The Hall–Kier alpha value is -1.72. The summed E-state index contributed by atoms with van der Waals surface area (Å²) in [7, 11) is 0. The van der Waals surface area contributed by atoms with Crippen LogP contribution >= 0.6 is 0 Å². The third-order valence-corrected chi connectivity index (χ3v) is 2.33. The summed E-state index contributed by atoms with van der Waals surface area (Å²) in [4.78, 5) is 3.76. The number of nitrogens with zero attached hydrogens (tertiary/aromatic N) is 1. The van der Waals surface area contributed by atoms with Crippen LogP contribution in [0.2, 0.25) is 0 Å². The van der Waals surface area contributed by atoms with Crippen LogP contribution in [0.4, 0.5) is 18.9 Å². The molecule has 0 unspecified atom stereocenters. The van der Waals surface area contributed by atoms with Crippen LogP contribution in [0.1, 0.15) is 24.6 Å². The van der Waals surface area contributed by atoms with Crippen LogP contribution < -0.4 is 10.5 Å². The van der Waals surface area contributed by atoms with E-state index < -0.39 is 23.7 Å². The monoisotopic (exact) mass is 260 g/mol. The minimum Gasteiger partial charge on any atom is -0.474 e. The number of anilines is 1. The Kier molecular flexibility index (Phi) is 4.21. The second-order valence-corrected chi connectivity index (χ2v) is 3.97. The molecule has 3 nitrogen and oxygen atoms in total. The van der Waals surface area contributed by atoms with Gasteiger partial charge in [0.15, 0.2) is 0 Å². The molecule has 0 aromatic carbocycles. The molecule has 0 saturated heterocycles. The van der Waals surface area contributed by atoms with E-state index in [1.54, 1.807) is 13.0 Å². The van der Waals surface area contributed by atoms with Gasteiger partial charge in [-0.25, -0.2) is 4.98 Å². The first-order valence-corrected chi connectivity index (χ1v) is 5.37. The van der Waals surface area contributed by atoms with Crippen molar-refractivity contribution in [3.05, 3.63) is 30.0 Å². The first-order valence-electron chi connectivity index (χ1n) is 5.37. The van der Waals surface area contributed by atoms with Crippen LogP contribution in [0.15, 0.2) is 18.7 Å². The smallest absolute Gasteiger partial charge is 0.421 e. The molecule has 1 atom stereocenters. The minimum atomic E-state index is -4.54. The van der Waals surface area contributed by atoms with Gasteiger partial charge in [-0.2, -0.15) is 13.2 Å². The average molecular weight is 260 g/mol. The average Bonchev–Trinajstić information content (AvgIpc) is 2.21. The molecule has 0 saturated carbocycles. The first-order chi connectivity index (χ1) is 8.25. The fourth-order valence-corrected chi connectivity index (χ4v) is 1.37. The van der Waals surface area contributed by atoms with Gasteiger partial charge in [0.05, 0.1) is 11.4 Å². The Morgan fingerprint density at radius 2 is 2.17 bits per heavy atom. The van der Waals surface area contributed by atoms with Gasteiger partial charge in [-0.1, -0.05) is 6.08 Å². The largest absolute Gasteiger partial charge is 0.474 e. The summed E-state index contributed by atoms with van der Waals surface area (Å²) in [6.45, 7) is 6.68. The molecule has 0 radical (unpaired) electrons. The van der Waals surface area contributed by atoms with Crippen LogP contribution in [0, 0.1) is 6.92 Å². The number of halogens is 3. The molecule has 0 spiro atoms. The molecule has 6 heteroatoms. The topological polar surface area (TPSA) is 48.1 Å². The minimum absolute atomic E-state index is 0.00829. The third kappa shape index (κ3) is 3.38. The normalized spacial score (nSPS) is 13.2. The predicted molar refractivity (Wildman–Crippen MR) is 63.3 cm³/mol. The molecule has 0 fully saturated rings. The zero-order chi connectivity index (χ0) is 13.9. The van der Waals surface area contributed by atoms with E-state index in [9.17, 15) is 13.2 Å². The van der Waals surface area contributed by atoms with Crippen molar-refractivity contribution in [2.45, 2.75) is 32.5 Å². The third-order valence-electron chi connectivity index (χ3n) is 2.33. The molecule has 0 bridgehead atoms. The number of nitrogen functional groups attached to an aromatic ring is 1. The molecule has 1 aromatic heterocycles. The number of aryl methyl sites for hydroxylation is 1. The summed E-state index contributed by atoms with van der Waals surface area (Å²) in [6.07, 6.45) is -2.97. The Labute approximate surface area is 103 Å². The van der Waals surface area contributed by atoms with Crippen molar-refractivity contribution in [3.8, 4) is 5.88 Å². The maximum Gasteiger partial charge on any atom is 0.421 e. The van der Waals surface area contributed by atoms with E-state index in [0.29, 0.717) is 12.1 Å². The van der Waals surface area contributed by atoms with Crippen molar-refractivity contribution >= 4 is 5.69 Å². The van der Waals surface area contributed by atoms with Gasteiger partial charge in [-0.3, -0.25) is 0 Å². The summed E-state index contributed by atoms with van der Waals surface area (Å²) in [5.74, 6) is -0.441. The van der Waals surface area contributed by atoms with E-state index in [-0.39, 0.29) is 5.69 Å². The second kappa shape index (κ2) is 5.29. The van der Waals surface area contributed by atoms with E-state index in [1.165, 1.54) is 6.92 Å². The lowest BCUT2D eigenvalue weighted by Crippen LogP contribution is -2.17. The number of alkyl halides is 3. The van der Waals surface area contributed by atoms with Crippen molar-refractivity contribution in [3.63, 3.8) is 0 Å². The number of hydrogen-bond donors (Lipinski definition) is 1. The van der Waals surface area contributed by atoms with Gasteiger partial charge < -0.3 is 10.5 Å². The van der Waals surface area contributed by atoms with Crippen LogP contribution in [-0.2, 0) is 6.18 Å². The SMILES string of the molecule is C=CC[C@@H](C)Oc1nc(C)c(N)cc1C(F)(F)F. The number of nitrogens with two attached hydrogens (primary N) is 1. The standard InChI is InChI=1S/C12H15F3N2O/c1-4-5-7(2)18-11-9(12(13,14)15)6-10(16)8(3)17-11/h4,6-7H,1,5,16H2,2-3H3/t7-/m1/s1. The van der Waals surface area contributed by atoms with E-state index in [1.807, 2.05) is 0 Å². The van der Waals surface area contributed by atoms with Crippen LogP contribution in [0.3, 0.4) is 0 Å². The molecule has 0 amide bonds. The second-order valence-electron chi connectivity index (χ2n) is 3.97. The van der Waals surface area contributed by atoms with Crippen LogP contribution in [0.25, 0.3) is 0 Å². The maximum atomic E-state index is 12.8. The van der Waals surface area contributed by atoms with Crippen molar-refractivity contribution in [1.82, 2.24) is 4.98 Å². The number of aromatic nitrogens is 1. The summed E-state index contributed by atoms with van der Waals surface area (Å²) in [5, 5.41) is 0. The number of pyridine rings is 1. The molecule has 0 aliphatic heterocycles. The predicted octanol–water partition coefficient (Wildman–Crippen LogP) is 3.33. The summed E-state index contributed by atoms with van der Waals surface area (Å²) in [6, 6.07) is 0.846. The highest BCUT2D eigenvalue weighted by molar-refractivity contribution is 5.49. The molecule has 1 heterocycles. The van der Waals surface area contributed by atoms with Gasteiger partial charge in [0, 0.05) is 6.42 Å². The lowest BCUT2D eigenvalue weighted by Gasteiger charge is -2.18. The van der Waals surface area contributed by atoms with Crippen molar-refractivity contribution in [2.75, 3.05) is 5.73 Å². The highest BCUT2D eigenvalue weighted by Gasteiger charge is 2.36. The Bertz CT molecular complexity index is 444. The van der Waals surface area contributed by atoms with Crippen LogP contribution in [0.5, 0.6) is 5.88 Å². The van der Waals surface area contributed by atoms with Gasteiger partial charge in [-0.05, 0) is 19.9 Å². The van der Waals surface area contributed by atoms with Crippen molar-refractivity contribution < 1.29 is 17.9 Å². The lowest BCUT2D eigenvalue weighted by atomic mass is 10.2. The van der Waals surface area contributed by atoms with E-state index in [4.69, 9.17) is 10.5 Å². The molecule has 1 rings (SSSR count). The molecule has 18 heavy (non-hydrogen) atoms. The summed E-state index contributed by atoms with van der Waals surface area (Å²) >= 11 is 0. The zero-order valence-corrected chi connectivity index (χ0v) is 10.2. The van der Waals surface area contributed by atoms with Gasteiger partial charge in [0.1, 0.15) is 11.7 Å². The first kappa shape index (κ1) is 14.3. The summed E-state index contributed by atoms with van der Waals surface area (Å²) < 4.78 is 43.6. The Balaban J connectivity index is 3.16. The van der Waals surface area contributed by atoms with E-state index in [0.717, 1.165) is 6.07 Å². The molecular weight excluding hydrogens is 245 g/mol. The van der Waals surface area contributed by atoms with E-state index >= 15 is 0 Å². The summed E-state index contributed by atoms with van der Waals surface area (Å²) in [5.41, 5.74) is 4.79. The molecule has 1 aromatic rings. The fraction of sp³-hybridized carbons (Fsp3) is 0.417. The Morgan fingerprint density at radius 3 is 2.67 bits per heavy atom. The van der Waals surface area contributed by atoms with Crippen LogP contribution in [-0.4, -0.2) is 11.1 Å². The lowest BCUT2D eigenvalue weighted by molar-refractivity contribution is -0.139. The molecule has 0 aliphatic rings. The molecule has 100 valence electrons. The number of hydrogen-bond acceptors (Lipinski definition) is 3. The Morgan fingerprint density at radius 1 is 1.56 bits per heavy atom. The van der Waals surface area contributed by atoms with Gasteiger partial charge in [0.2, 0.25) is 5.88 Å². The zero-order valence-electron chi connectivity index (χ0n) is 10.2. The van der Waals surface area contributed by atoms with Gasteiger partial charge in [-0.15, -0.1) is 6.58 Å². The fourth-order valence-electron chi connectivity index (χ4n) is 1.37. The van der Waals surface area contributed by atoms with Gasteiger partial charge >= 0.3 is 6.18 Å². The number of rotatable bonds is 4. The number of ether oxygens (including phenoxy) is 1. The quantitative estimate of drug-likeness (QED) is 0.845.